The molecule has 0 aliphatic heterocycles. The van der Waals surface area contributed by atoms with Gasteiger partial charge in [0.15, 0.2) is 0 Å². The van der Waals surface area contributed by atoms with Crippen LogP contribution in [0.1, 0.15) is 23.6 Å². The lowest BCUT2D eigenvalue weighted by Crippen LogP contribution is -2.40. The van der Waals surface area contributed by atoms with Gasteiger partial charge in [0.1, 0.15) is 11.8 Å². The molecule has 20 heavy (non-hydrogen) atoms. The first kappa shape index (κ1) is 16.0. The average molecular weight is 279 g/mol. The van der Waals surface area contributed by atoms with Gasteiger partial charge in [-0.25, -0.2) is 4.79 Å². The van der Waals surface area contributed by atoms with Gasteiger partial charge >= 0.3 is 5.97 Å². The second-order valence-electron chi connectivity index (χ2n) is 4.75. The third-order valence-corrected chi connectivity index (χ3v) is 3.07. The van der Waals surface area contributed by atoms with E-state index in [0.29, 0.717) is 5.75 Å². The molecule has 1 rings (SSSR count). The number of rotatable bonds is 5. The van der Waals surface area contributed by atoms with E-state index in [1.807, 2.05) is 26.0 Å². The summed E-state index contributed by atoms with van der Waals surface area (Å²) in [6.07, 6.45) is 0.163. The minimum absolute atomic E-state index is 0.163. The third-order valence-electron chi connectivity index (χ3n) is 3.07. The Morgan fingerprint density at radius 2 is 1.90 bits per heavy atom. The number of hydrogen-bond acceptors (Lipinski definition) is 4. The maximum absolute atomic E-state index is 12.0. The van der Waals surface area contributed by atoms with E-state index < -0.39 is 12.0 Å². The van der Waals surface area contributed by atoms with E-state index in [1.54, 1.807) is 14.0 Å². The van der Waals surface area contributed by atoms with Gasteiger partial charge in [0.2, 0.25) is 5.91 Å². The smallest absolute Gasteiger partial charge is 0.328 e. The highest BCUT2D eigenvalue weighted by atomic mass is 16.5. The number of benzene rings is 1. The zero-order chi connectivity index (χ0) is 15.3. The number of carbonyl (C=O) groups excluding carboxylic acids is 2. The molecular formula is C15H21NO4. The Labute approximate surface area is 119 Å². The van der Waals surface area contributed by atoms with Gasteiger partial charge in [-0.1, -0.05) is 6.07 Å². The highest BCUT2D eigenvalue weighted by Crippen LogP contribution is 2.24. The normalized spacial score (nSPS) is 11.7. The van der Waals surface area contributed by atoms with E-state index in [0.717, 1.165) is 16.7 Å². The molecule has 0 radical (unpaired) electrons. The van der Waals surface area contributed by atoms with E-state index in [1.165, 1.54) is 7.11 Å². The number of carbonyl (C=O) groups is 2. The van der Waals surface area contributed by atoms with Crippen molar-refractivity contribution in [1.82, 2.24) is 5.32 Å². The van der Waals surface area contributed by atoms with Crippen LogP contribution < -0.4 is 10.1 Å². The molecule has 1 aromatic rings. The fourth-order valence-electron chi connectivity index (χ4n) is 2.06. The van der Waals surface area contributed by atoms with Crippen LogP contribution in [0.15, 0.2) is 12.1 Å². The van der Waals surface area contributed by atoms with E-state index in [4.69, 9.17) is 4.74 Å². The molecule has 0 aliphatic carbocycles. The van der Waals surface area contributed by atoms with Crippen molar-refractivity contribution in [3.63, 3.8) is 0 Å². The number of hydrogen-bond donors (Lipinski definition) is 1. The Bertz CT molecular complexity index is 511. The molecule has 1 amide bonds. The number of esters is 1. The Morgan fingerprint density at radius 3 is 2.45 bits per heavy atom. The zero-order valence-corrected chi connectivity index (χ0v) is 12.6. The molecule has 0 heterocycles. The van der Waals surface area contributed by atoms with Crippen LogP contribution in [0.5, 0.6) is 5.75 Å². The number of amides is 1. The minimum atomic E-state index is -0.663. The molecule has 1 atom stereocenters. The van der Waals surface area contributed by atoms with Crippen molar-refractivity contribution in [2.75, 3.05) is 14.2 Å². The molecule has 0 aliphatic rings. The predicted molar refractivity (Wildman–Crippen MR) is 75.8 cm³/mol. The average Bonchev–Trinajstić information content (AvgIpc) is 2.40. The lowest BCUT2D eigenvalue weighted by atomic mass is 10.0. The molecule has 5 nitrogen and oxygen atoms in total. The van der Waals surface area contributed by atoms with Crippen molar-refractivity contribution < 1.29 is 19.1 Å². The molecular weight excluding hydrogens is 258 g/mol. The standard InChI is InChI=1S/C15H21NO4/c1-9-6-10(2)12(13(7-9)19-4)8-14(17)16-11(3)15(18)20-5/h6-7,11H,8H2,1-5H3,(H,16,17)/t11-/m0/s1. The fourth-order valence-corrected chi connectivity index (χ4v) is 2.06. The van der Waals surface area contributed by atoms with Crippen molar-refractivity contribution >= 4 is 11.9 Å². The molecule has 0 saturated carbocycles. The molecule has 1 N–H and O–H groups in total. The molecule has 1 aromatic carbocycles. The largest absolute Gasteiger partial charge is 0.496 e. The van der Waals surface area contributed by atoms with Crippen LogP contribution in [-0.4, -0.2) is 32.1 Å². The Kier molecular flexibility index (Phi) is 5.55. The first-order valence-corrected chi connectivity index (χ1v) is 6.40. The summed E-state index contributed by atoms with van der Waals surface area (Å²) in [6, 6.07) is 3.22. The summed E-state index contributed by atoms with van der Waals surface area (Å²) in [5, 5.41) is 2.60. The lowest BCUT2D eigenvalue weighted by molar-refractivity contribution is -0.144. The van der Waals surface area contributed by atoms with Gasteiger partial charge < -0.3 is 14.8 Å². The van der Waals surface area contributed by atoms with Crippen LogP contribution in [-0.2, 0) is 20.7 Å². The predicted octanol–water partition coefficient (Wildman–Crippen LogP) is 1.53. The second kappa shape index (κ2) is 6.93. The number of methoxy groups -OCH3 is 2. The zero-order valence-electron chi connectivity index (χ0n) is 12.6. The van der Waals surface area contributed by atoms with Crippen molar-refractivity contribution in [3.8, 4) is 5.75 Å². The summed E-state index contributed by atoms with van der Waals surface area (Å²) in [5.41, 5.74) is 2.89. The Hall–Kier alpha value is -2.04. The molecule has 110 valence electrons. The molecule has 0 unspecified atom stereocenters. The quantitative estimate of drug-likeness (QED) is 0.830. The minimum Gasteiger partial charge on any atom is -0.496 e. The fraction of sp³-hybridized carbons (Fsp3) is 0.467. The number of ether oxygens (including phenoxy) is 2. The van der Waals surface area contributed by atoms with Gasteiger partial charge in [0, 0.05) is 5.56 Å². The second-order valence-corrected chi connectivity index (χ2v) is 4.75. The van der Waals surface area contributed by atoms with Crippen LogP contribution >= 0.6 is 0 Å². The highest BCUT2D eigenvalue weighted by molar-refractivity contribution is 5.85. The molecule has 0 saturated heterocycles. The summed E-state index contributed by atoms with van der Waals surface area (Å²) in [5.74, 6) is -0.0255. The summed E-state index contributed by atoms with van der Waals surface area (Å²) in [6.45, 7) is 5.49. The summed E-state index contributed by atoms with van der Waals surface area (Å²) < 4.78 is 9.88. The Balaban J connectivity index is 2.83. The molecule has 0 spiro atoms. The topological polar surface area (TPSA) is 64.6 Å². The van der Waals surface area contributed by atoms with Gasteiger partial charge in [0.25, 0.3) is 0 Å². The van der Waals surface area contributed by atoms with Crippen LogP contribution in [0, 0.1) is 13.8 Å². The summed E-state index contributed by atoms with van der Waals surface area (Å²) >= 11 is 0. The van der Waals surface area contributed by atoms with E-state index in [-0.39, 0.29) is 12.3 Å². The molecule has 5 heteroatoms. The SMILES string of the molecule is COC(=O)[C@H](C)NC(=O)Cc1c(C)cc(C)cc1OC. The van der Waals surface area contributed by atoms with Crippen LogP contribution in [0.3, 0.4) is 0 Å². The van der Waals surface area contributed by atoms with Crippen molar-refractivity contribution in [1.29, 1.82) is 0 Å². The van der Waals surface area contributed by atoms with Crippen molar-refractivity contribution in [2.24, 2.45) is 0 Å². The third kappa shape index (κ3) is 3.98. The van der Waals surface area contributed by atoms with Crippen LogP contribution in [0.2, 0.25) is 0 Å². The molecule has 0 fully saturated rings. The summed E-state index contributed by atoms with van der Waals surface area (Å²) in [4.78, 5) is 23.2. The van der Waals surface area contributed by atoms with Crippen LogP contribution in [0.25, 0.3) is 0 Å². The van der Waals surface area contributed by atoms with Gasteiger partial charge in [-0.3, -0.25) is 4.79 Å². The van der Waals surface area contributed by atoms with E-state index in [2.05, 4.69) is 10.1 Å². The van der Waals surface area contributed by atoms with E-state index >= 15 is 0 Å². The first-order chi connectivity index (χ1) is 9.38. The van der Waals surface area contributed by atoms with Crippen LogP contribution in [0.4, 0.5) is 0 Å². The lowest BCUT2D eigenvalue weighted by Gasteiger charge is -2.15. The van der Waals surface area contributed by atoms with Gasteiger partial charge in [0.05, 0.1) is 20.6 Å². The first-order valence-electron chi connectivity index (χ1n) is 6.40. The van der Waals surface area contributed by atoms with Gasteiger partial charge in [-0.2, -0.15) is 0 Å². The number of nitrogens with one attached hydrogen (secondary N) is 1. The molecule has 0 aromatic heterocycles. The molecule has 0 bridgehead atoms. The highest BCUT2D eigenvalue weighted by Gasteiger charge is 2.18. The number of aryl methyl sites for hydroxylation is 2. The van der Waals surface area contributed by atoms with Crippen molar-refractivity contribution in [2.45, 2.75) is 33.2 Å². The summed E-state index contributed by atoms with van der Waals surface area (Å²) in [7, 11) is 2.87. The van der Waals surface area contributed by atoms with E-state index in [9.17, 15) is 9.59 Å². The maximum atomic E-state index is 12.0. The van der Waals surface area contributed by atoms with Gasteiger partial charge in [-0.05, 0) is 38.0 Å². The Morgan fingerprint density at radius 1 is 1.25 bits per heavy atom. The maximum Gasteiger partial charge on any atom is 0.328 e. The van der Waals surface area contributed by atoms with Gasteiger partial charge in [-0.15, -0.1) is 0 Å². The van der Waals surface area contributed by atoms with Crippen molar-refractivity contribution in [3.05, 3.63) is 28.8 Å². The monoisotopic (exact) mass is 279 g/mol.